The number of aromatic nitrogens is 5. The Hall–Kier alpha value is -2.33. The number of nitrogens with zero attached hydrogens (tertiary/aromatic N) is 6. The Morgan fingerprint density at radius 3 is 3.00 bits per heavy atom. The fourth-order valence-electron chi connectivity index (χ4n) is 1.64. The minimum atomic E-state index is -0.710. The summed E-state index contributed by atoms with van der Waals surface area (Å²) in [5, 5.41) is 31.2. The van der Waals surface area contributed by atoms with Crippen LogP contribution in [0.3, 0.4) is 0 Å². The summed E-state index contributed by atoms with van der Waals surface area (Å²) in [5.74, 6) is 0.634. The van der Waals surface area contributed by atoms with Gasteiger partial charge >= 0.3 is 5.69 Å². The smallest absolute Gasteiger partial charge is 0.306 e. The molecule has 20 heavy (non-hydrogen) atoms. The van der Waals surface area contributed by atoms with E-state index in [4.69, 9.17) is 0 Å². The van der Waals surface area contributed by atoms with E-state index >= 15 is 0 Å². The normalized spacial score (nSPS) is 12.5. The quantitative estimate of drug-likeness (QED) is 0.496. The summed E-state index contributed by atoms with van der Waals surface area (Å²) >= 11 is 0. The van der Waals surface area contributed by atoms with Gasteiger partial charge in [0.25, 0.3) is 0 Å². The molecule has 1 unspecified atom stereocenters. The van der Waals surface area contributed by atoms with Gasteiger partial charge in [-0.05, 0) is 0 Å². The summed E-state index contributed by atoms with van der Waals surface area (Å²) in [6.45, 7) is 0.930. The molecule has 0 aliphatic heterocycles. The lowest BCUT2D eigenvalue weighted by Gasteiger charge is -2.10. The van der Waals surface area contributed by atoms with E-state index in [-0.39, 0.29) is 12.2 Å². The second kappa shape index (κ2) is 6.21. The van der Waals surface area contributed by atoms with Crippen LogP contribution < -0.4 is 5.32 Å². The molecule has 10 nitrogen and oxygen atoms in total. The molecule has 0 spiro atoms. The topological polar surface area (TPSA) is 124 Å². The van der Waals surface area contributed by atoms with Crippen LogP contribution in [0.4, 0.5) is 5.69 Å². The Morgan fingerprint density at radius 1 is 1.60 bits per heavy atom. The molecule has 108 valence electrons. The zero-order chi connectivity index (χ0) is 14.5. The summed E-state index contributed by atoms with van der Waals surface area (Å²) in [6.07, 6.45) is 3.32. The Morgan fingerprint density at radius 2 is 2.40 bits per heavy atom. The van der Waals surface area contributed by atoms with Gasteiger partial charge in [0.2, 0.25) is 0 Å². The molecule has 10 heteroatoms. The molecule has 0 amide bonds. The van der Waals surface area contributed by atoms with E-state index in [1.54, 1.807) is 18.1 Å². The van der Waals surface area contributed by atoms with E-state index in [1.165, 1.54) is 10.9 Å². The number of nitrogens with one attached hydrogen (secondary N) is 1. The van der Waals surface area contributed by atoms with Crippen LogP contribution in [0.5, 0.6) is 0 Å². The summed E-state index contributed by atoms with van der Waals surface area (Å²) in [5.41, 5.74) is -0.0946. The third-order valence-electron chi connectivity index (χ3n) is 2.54. The lowest BCUT2D eigenvalue weighted by atomic mass is 10.3. The van der Waals surface area contributed by atoms with Crippen molar-refractivity contribution in [2.24, 2.45) is 7.05 Å². The number of aliphatic hydroxyl groups excluding tert-OH is 1. The standard InChI is InChI=1S/C10H15N7O3/c1-15-7-12-10(14-15)4-11-3-9(18)6-16-5-8(2-13-16)17(19)20/h2,5,7,9,11,18H,3-4,6H2,1H3. The molecule has 0 aliphatic rings. The maximum Gasteiger partial charge on any atom is 0.306 e. The predicted octanol–water partition coefficient (Wildman–Crippen LogP) is -0.929. The lowest BCUT2D eigenvalue weighted by molar-refractivity contribution is -0.385. The molecule has 0 aromatic carbocycles. The van der Waals surface area contributed by atoms with Crippen LogP contribution in [0.25, 0.3) is 0 Å². The molecule has 0 radical (unpaired) electrons. The average Bonchev–Trinajstić information content (AvgIpc) is 2.99. The minimum absolute atomic E-state index is 0.0946. The largest absolute Gasteiger partial charge is 0.390 e. The van der Waals surface area contributed by atoms with E-state index in [0.29, 0.717) is 18.9 Å². The number of hydrogen-bond acceptors (Lipinski definition) is 7. The van der Waals surface area contributed by atoms with Crippen LogP contribution in [-0.2, 0) is 20.1 Å². The number of aryl methyl sites for hydroxylation is 1. The highest BCUT2D eigenvalue weighted by Gasteiger charge is 2.11. The predicted molar refractivity (Wildman–Crippen MR) is 67.6 cm³/mol. The molecule has 2 aromatic heterocycles. The van der Waals surface area contributed by atoms with Crippen molar-refractivity contribution in [3.05, 3.63) is 34.7 Å². The second-order valence-electron chi connectivity index (χ2n) is 4.30. The monoisotopic (exact) mass is 281 g/mol. The van der Waals surface area contributed by atoms with Gasteiger partial charge in [-0.1, -0.05) is 0 Å². The van der Waals surface area contributed by atoms with Gasteiger partial charge in [-0.25, -0.2) is 4.98 Å². The fraction of sp³-hybridized carbons (Fsp3) is 0.500. The second-order valence-corrected chi connectivity index (χ2v) is 4.30. The van der Waals surface area contributed by atoms with Crippen molar-refractivity contribution >= 4 is 5.69 Å². The highest BCUT2D eigenvalue weighted by atomic mass is 16.6. The van der Waals surface area contributed by atoms with Gasteiger partial charge in [0, 0.05) is 13.6 Å². The van der Waals surface area contributed by atoms with Crippen LogP contribution in [0.15, 0.2) is 18.7 Å². The summed E-state index contributed by atoms with van der Waals surface area (Å²) in [4.78, 5) is 14.0. The summed E-state index contributed by atoms with van der Waals surface area (Å²) in [7, 11) is 1.77. The molecule has 0 bridgehead atoms. The third kappa shape index (κ3) is 3.83. The molecule has 0 fully saturated rings. The molecule has 0 saturated heterocycles. The Kier molecular flexibility index (Phi) is 4.38. The van der Waals surface area contributed by atoms with Gasteiger partial charge in [-0.3, -0.25) is 19.5 Å². The maximum absolute atomic E-state index is 10.5. The third-order valence-corrected chi connectivity index (χ3v) is 2.54. The molecule has 0 aliphatic carbocycles. The lowest BCUT2D eigenvalue weighted by Crippen LogP contribution is -2.30. The van der Waals surface area contributed by atoms with Gasteiger partial charge in [0.15, 0.2) is 5.82 Å². The first-order valence-corrected chi connectivity index (χ1v) is 5.94. The molecular weight excluding hydrogens is 266 g/mol. The van der Waals surface area contributed by atoms with Gasteiger partial charge in [-0.2, -0.15) is 10.2 Å². The Labute approximate surface area is 114 Å². The number of hydrogen-bond donors (Lipinski definition) is 2. The first-order chi connectivity index (χ1) is 9.54. The van der Waals surface area contributed by atoms with Crippen molar-refractivity contribution < 1.29 is 10.0 Å². The minimum Gasteiger partial charge on any atom is -0.390 e. The van der Waals surface area contributed by atoms with E-state index < -0.39 is 11.0 Å². The van der Waals surface area contributed by atoms with Crippen molar-refractivity contribution in [3.8, 4) is 0 Å². The van der Waals surface area contributed by atoms with Crippen LogP contribution in [0.1, 0.15) is 5.82 Å². The summed E-state index contributed by atoms with van der Waals surface area (Å²) < 4.78 is 2.93. The average molecular weight is 281 g/mol. The van der Waals surface area contributed by atoms with E-state index in [2.05, 4.69) is 20.5 Å². The fourth-order valence-corrected chi connectivity index (χ4v) is 1.64. The van der Waals surface area contributed by atoms with Crippen molar-refractivity contribution in [2.45, 2.75) is 19.2 Å². The zero-order valence-electron chi connectivity index (χ0n) is 10.9. The van der Waals surface area contributed by atoms with Crippen molar-refractivity contribution in [1.82, 2.24) is 29.9 Å². The van der Waals surface area contributed by atoms with Gasteiger partial charge in [-0.15, -0.1) is 0 Å². The molecule has 2 heterocycles. The zero-order valence-corrected chi connectivity index (χ0v) is 10.9. The Bertz CT molecular complexity index is 579. The first kappa shape index (κ1) is 14.1. The van der Waals surface area contributed by atoms with Gasteiger partial charge in [0.05, 0.1) is 24.1 Å². The molecular formula is C10H15N7O3. The molecule has 0 saturated carbocycles. The van der Waals surface area contributed by atoms with E-state index in [9.17, 15) is 15.2 Å². The van der Waals surface area contributed by atoms with Gasteiger partial charge < -0.3 is 10.4 Å². The highest BCUT2D eigenvalue weighted by molar-refractivity contribution is 5.20. The van der Waals surface area contributed by atoms with Crippen LogP contribution in [0, 0.1) is 10.1 Å². The van der Waals surface area contributed by atoms with Crippen molar-refractivity contribution in [2.75, 3.05) is 6.54 Å². The van der Waals surface area contributed by atoms with Crippen LogP contribution in [0.2, 0.25) is 0 Å². The SMILES string of the molecule is Cn1cnc(CNCC(O)Cn2cc([N+](=O)[O-])cn2)n1. The highest BCUT2D eigenvalue weighted by Crippen LogP contribution is 2.07. The molecule has 2 N–H and O–H groups in total. The van der Waals surface area contributed by atoms with Crippen LogP contribution >= 0.6 is 0 Å². The number of nitro groups is 1. The maximum atomic E-state index is 10.5. The molecule has 1 atom stereocenters. The van der Waals surface area contributed by atoms with E-state index in [1.807, 2.05) is 0 Å². The van der Waals surface area contributed by atoms with Crippen molar-refractivity contribution in [1.29, 1.82) is 0 Å². The number of rotatable bonds is 7. The van der Waals surface area contributed by atoms with E-state index in [0.717, 1.165) is 6.20 Å². The molecule has 2 rings (SSSR count). The first-order valence-electron chi connectivity index (χ1n) is 5.94. The Balaban J connectivity index is 1.74. The van der Waals surface area contributed by atoms with Gasteiger partial charge in [0.1, 0.15) is 18.7 Å². The summed E-state index contributed by atoms with van der Waals surface area (Å²) in [6, 6.07) is 0. The number of aliphatic hydroxyl groups is 1. The van der Waals surface area contributed by atoms with Crippen molar-refractivity contribution in [3.63, 3.8) is 0 Å². The van der Waals surface area contributed by atoms with Crippen LogP contribution in [-0.4, -0.2) is 47.2 Å². The molecule has 2 aromatic rings.